The summed E-state index contributed by atoms with van der Waals surface area (Å²) in [4.78, 5) is 26.1. The molecule has 1 aliphatic rings. The first-order chi connectivity index (χ1) is 13.0. The van der Waals surface area contributed by atoms with Gasteiger partial charge < -0.3 is 15.0 Å². The Bertz CT molecular complexity index is 853. The van der Waals surface area contributed by atoms with Crippen molar-refractivity contribution in [2.45, 2.75) is 26.8 Å². The van der Waals surface area contributed by atoms with Gasteiger partial charge in [0.2, 0.25) is 11.8 Å². The van der Waals surface area contributed by atoms with Gasteiger partial charge in [0, 0.05) is 19.5 Å². The summed E-state index contributed by atoms with van der Waals surface area (Å²) in [7, 11) is 0. The van der Waals surface area contributed by atoms with Crippen molar-refractivity contribution in [3.8, 4) is 5.75 Å². The molecule has 0 spiro atoms. The summed E-state index contributed by atoms with van der Waals surface area (Å²) in [5.74, 6) is -0.636. The lowest BCUT2D eigenvalue weighted by Crippen LogP contribution is -2.32. The molecule has 27 heavy (non-hydrogen) atoms. The van der Waals surface area contributed by atoms with Crippen molar-refractivity contribution in [1.82, 2.24) is 5.32 Å². The minimum absolute atomic E-state index is 0.0815. The maximum atomic E-state index is 14.2. The molecule has 1 fully saturated rings. The van der Waals surface area contributed by atoms with E-state index in [9.17, 15) is 14.0 Å². The molecule has 3 rings (SSSR count). The van der Waals surface area contributed by atoms with E-state index in [0.717, 1.165) is 16.9 Å². The fourth-order valence-corrected chi connectivity index (χ4v) is 3.19. The SMILES string of the molecule is CCOc1cccc(CNC(=O)C2CC(=O)N(c3ccc(C)cc3F)C2)c1. The van der Waals surface area contributed by atoms with Crippen molar-refractivity contribution in [1.29, 1.82) is 0 Å². The summed E-state index contributed by atoms with van der Waals surface area (Å²) in [5, 5.41) is 2.86. The van der Waals surface area contributed by atoms with Gasteiger partial charge in [-0.25, -0.2) is 4.39 Å². The van der Waals surface area contributed by atoms with E-state index in [1.54, 1.807) is 19.1 Å². The minimum Gasteiger partial charge on any atom is -0.494 e. The quantitative estimate of drug-likeness (QED) is 0.850. The predicted octanol–water partition coefficient (Wildman–Crippen LogP) is 3.20. The first-order valence-electron chi connectivity index (χ1n) is 9.04. The number of aryl methyl sites for hydroxylation is 1. The number of benzene rings is 2. The molecule has 2 aromatic rings. The van der Waals surface area contributed by atoms with Crippen molar-refractivity contribution in [3.63, 3.8) is 0 Å². The van der Waals surface area contributed by atoms with Crippen molar-refractivity contribution in [2.24, 2.45) is 5.92 Å². The zero-order chi connectivity index (χ0) is 19.4. The van der Waals surface area contributed by atoms with Gasteiger partial charge in [0.1, 0.15) is 11.6 Å². The van der Waals surface area contributed by atoms with Crippen LogP contribution in [-0.2, 0) is 16.1 Å². The summed E-state index contributed by atoms with van der Waals surface area (Å²) in [5.41, 5.74) is 1.93. The molecule has 0 saturated carbocycles. The Morgan fingerprint density at radius 1 is 1.30 bits per heavy atom. The van der Waals surface area contributed by atoms with Gasteiger partial charge in [-0.1, -0.05) is 18.2 Å². The largest absolute Gasteiger partial charge is 0.494 e. The summed E-state index contributed by atoms with van der Waals surface area (Å²) < 4.78 is 19.6. The van der Waals surface area contributed by atoms with Crippen molar-refractivity contribution < 1.29 is 18.7 Å². The van der Waals surface area contributed by atoms with Gasteiger partial charge in [-0.3, -0.25) is 9.59 Å². The summed E-state index contributed by atoms with van der Waals surface area (Å²) in [6, 6.07) is 12.2. The average molecular weight is 370 g/mol. The molecular formula is C21H23FN2O3. The van der Waals surface area contributed by atoms with E-state index in [-0.39, 0.29) is 30.5 Å². The second-order valence-electron chi connectivity index (χ2n) is 6.66. The molecule has 0 aromatic heterocycles. The molecule has 1 atom stereocenters. The molecule has 1 saturated heterocycles. The van der Waals surface area contributed by atoms with E-state index >= 15 is 0 Å². The van der Waals surface area contributed by atoms with Crippen LogP contribution in [0.25, 0.3) is 0 Å². The van der Waals surface area contributed by atoms with Gasteiger partial charge in [-0.05, 0) is 49.2 Å². The molecule has 1 aliphatic heterocycles. The van der Waals surface area contributed by atoms with Crippen LogP contribution in [0.1, 0.15) is 24.5 Å². The van der Waals surface area contributed by atoms with Gasteiger partial charge in [-0.2, -0.15) is 0 Å². The normalized spacial score (nSPS) is 16.5. The fraction of sp³-hybridized carbons (Fsp3) is 0.333. The lowest BCUT2D eigenvalue weighted by atomic mass is 10.1. The highest BCUT2D eigenvalue weighted by atomic mass is 19.1. The topological polar surface area (TPSA) is 58.6 Å². The van der Waals surface area contributed by atoms with Crippen LogP contribution in [0.5, 0.6) is 5.75 Å². The molecule has 2 aromatic carbocycles. The number of anilines is 1. The third-order valence-corrected chi connectivity index (χ3v) is 4.57. The molecule has 2 amide bonds. The fourth-order valence-electron chi connectivity index (χ4n) is 3.19. The first-order valence-corrected chi connectivity index (χ1v) is 9.04. The van der Waals surface area contributed by atoms with Gasteiger partial charge in [0.25, 0.3) is 0 Å². The van der Waals surface area contributed by atoms with E-state index in [1.165, 1.54) is 11.0 Å². The molecule has 0 radical (unpaired) electrons. The summed E-state index contributed by atoms with van der Waals surface area (Å²) >= 11 is 0. The number of halogens is 1. The van der Waals surface area contributed by atoms with Crippen LogP contribution in [0, 0.1) is 18.7 Å². The smallest absolute Gasteiger partial charge is 0.227 e. The number of nitrogens with zero attached hydrogens (tertiary/aromatic N) is 1. The number of carbonyl (C=O) groups is 2. The first kappa shape index (κ1) is 18.9. The van der Waals surface area contributed by atoms with Crippen molar-refractivity contribution in [2.75, 3.05) is 18.1 Å². The van der Waals surface area contributed by atoms with E-state index in [0.29, 0.717) is 13.2 Å². The number of rotatable bonds is 6. The molecule has 1 unspecified atom stereocenters. The number of ether oxygens (including phenoxy) is 1. The number of hydrogen-bond acceptors (Lipinski definition) is 3. The van der Waals surface area contributed by atoms with Gasteiger partial charge in [0.05, 0.1) is 18.2 Å². The highest BCUT2D eigenvalue weighted by Gasteiger charge is 2.36. The highest BCUT2D eigenvalue weighted by Crippen LogP contribution is 2.28. The Hall–Kier alpha value is -2.89. The number of amides is 2. The lowest BCUT2D eigenvalue weighted by molar-refractivity contribution is -0.126. The van der Waals surface area contributed by atoms with Gasteiger partial charge in [-0.15, -0.1) is 0 Å². The summed E-state index contributed by atoms with van der Waals surface area (Å²) in [6.45, 7) is 4.81. The zero-order valence-corrected chi connectivity index (χ0v) is 15.5. The van der Waals surface area contributed by atoms with Crippen LogP contribution >= 0.6 is 0 Å². The molecule has 6 heteroatoms. The van der Waals surface area contributed by atoms with E-state index < -0.39 is 11.7 Å². The lowest BCUT2D eigenvalue weighted by Gasteiger charge is -2.18. The maximum absolute atomic E-state index is 14.2. The van der Waals surface area contributed by atoms with E-state index in [4.69, 9.17) is 4.74 Å². The van der Waals surface area contributed by atoms with Crippen molar-refractivity contribution >= 4 is 17.5 Å². The Morgan fingerprint density at radius 2 is 2.11 bits per heavy atom. The van der Waals surface area contributed by atoms with Gasteiger partial charge in [0.15, 0.2) is 0 Å². The molecule has 5 nitrogen and oxygen atoms in total. The molecule has 0 aliphatic carbocycles. The van der Waals surface area contributed by atoms with E-state index in [1.807, 2.05) is 31.2 Å². The zero-order valence-electron chi connectivity index (χ0n) is 15.5. The molecule has 1 heterocycles. The van der Waals surface area contributed by atoms with Gasteiger partial charge >= 0.3 is 0 Å². The van der Waals surface area contributed by atoms with Crippen LogP contribution in [0.2, 0.25) is 0 Å². The minimum atomic E-state index is -0.492. The third-order valence-electron chi connectivity index (χ3n) is 4.57. The second kappa shape index (κ2) is 8.20. The molecule has 0 bridgehead atoms. The number of carbonyl (C=O) groups excluding carboxylic acids is 2. The van der Waals surface area contributed by atoms with Crippen LogP contribution in [-0.4, -0.2) is 25.0 Å². The predicted molar refractivity (Wildman–Crippen MR) is 101 cm³/mol. The van der Waals surface area contributed by atoms with Crippen LogP contribution in [0.3, 0.4) is 0 Å². The van der Waals surface area contributed by atoms with Crippen molar-refractivity contribution in [3.05, 3.63) is 59.4 Å². The maximum Gasteiger partial charge on any atom is 0.227 e. The second-order valence-corrected chi connectivity index (χ2v) is 6.66. The molecular weight excluding hydrogens is 347 g/mol. The summed E-state index contributed by atoms with van der Waals surface area (Å²) in [6.07, 6.45) is 0.0815. The standard InChI is InChI=1S/C21H23FN2O3/c1-3-27-17-6-4-5-15(10-17)12-23-21(26)16-11-20(25)24(13-16)19-8-7-14(2)9-18(19)22/h4-10,16H,3,11-13H2,1-2H3,(H,23,26). The number of nitrogens with one attached hydrogen (secondary N) is 1. The Morgan fingerprint density at radius 3 is 2.85 bits per heavy atom. The Kier molecular flexibility index (Phi) is 5.74. The van der Waals surface area contributed by atoms with Crippen LogP contribution in [0.15, 0.2) is 42.5 Å². The number of hydrogen-bond donors (Lipinski definition) is 1. The van der Waals surface area contributed by atoms with E-state index in [2.05, 4.69) is 5.32 Å². The highest BCUT2D eigenvalue weighted by molar-refractivity contribution is 6.00. The van der Waals surface area contributed by atoms with Crippen LogP contribution in [0.4, 0.5) is 10.1 Å². The Labute approximate surface area is 158 Å². The molecule has 1 N–H and O–H groups in total. The van der Waals surface area contributed by atoms with Crippen LogP contribution < -0.4 is 15.0 Å². The third kappa shape index (κ3) is 4.45. The monoisotopic (exact) mass is 370 g/mol. The molecule has 142 valence electrons. The Balaban J connectivity index is 1.61. The average Bonchev–Trinajstić information content (AvgIpc) is 3.02.